The van der Waals surface area contributed by atoms with Crippen LogP contribution in [0, 0.1) is 5.92 Å². The van der Waals surface area contributed by atoms with Gasteiger partial charge in [0.1, 0.15) is 11.5 Å². The lowest BCUT2D eigenvalue weighted by molar-refractivity contribution is 0.0667. The Bertz CT molecular complexity index is 807. The second-order valence-corrected chi connectivity index (χ2v) is 6.09. The van der Waals surface area contributed by atoms with E-state index in [0.29, 0.717) is 11.6 Å². The van der Waals surface area contributed by atoms with E-state index < -0.39 is 0 Å². The summed E-state index contributed by atoms with van der Waals surface area (Å²) in [5, 5.41) is 8.52. The van der Waals surface area contributed by atoms with Crippen molar-refractivity contribution in [1.29, 1.82) is 0 Å². The van der Waals surface area contributed by atoms with Gasteiger partial charge in [-0.15, -0.1) is 10.2 Å². The Morgan fingerprint density at radius 2 is 2.22 bits per heavy atom. The number of nitrogens with one attached hydrogen (secondary N) is 1. The Kier molecular flexibility index (Phi) is 3.57. The van der Waals surface area contributed by atoms with Gasteiger partial charge in [-0.3, -0.25) is 9.20 Å². The topological polar surface area (TPSA) is 66.3 Å². The normalized spacial score (nSPS) is 18.4. The van der Waals surface area contributed by atoms with Gasteiger partial charge in [0, 0.05) is 31.9 Å². The highest BCUT2D eigenvalue weighted by Crippen LogP contribution is 2.21. The van der Waals surface area contributed by atoms with Crippen LogP contribution in [0.2, 0.25) is 0 Å². The van der Waals surface area contributed by atoms with Crippen LogP contribution in [-0.4, -0.2) is 43.5 Å². The summed E-state index contributed by atoms with van der Waals surface area (Å²) >= 11 is 0. The molecule has 1 aliphatic rings. The summed E-state index contributed by atoms with van der Waals surface area (Å²) in [6.07, 6.45) is 6.79. The maximum Gasteiger partial charge on any atom is 0.270 e. The highest BCUT2D eigenvalue weighted by Gasteiger charge is 2.26. The highest BCUT2D eigenvalue weighted by atomic mass is 16.2. The number of pyridine rings is 1. The Morgan fingerprint density at radius 3 is 3.09 bits per heavy atom. The number of H-pyrrole nitrogens is 1. The highest BCUT2D eigenvalue weighted by molar-refractivity contribution is 5.92. The molecule has 6 nitrogen and oxygen atoms in total. The van der Waals surface area contributed by atoms with Crippen LogP contribution >= 0.6 is 0 Å². The molecule has 0 spiro atoms. The minimum absolute atomic E-state index is 0.0887. The van der Waals surface area contributed by atoms with Crippen LogP contribution in [0.15, 0.2) is 42.7 Å². The number of amides is 1. The first-order valence-corrected chi connectivity index (χ1v) is 8.02. The van der Waals surface area contributed by atoms with Gasteiger partial charge in [0.2, 0.25) is 0 Å². The fraction of sp³-hybridized carbons (Fsp3) is 0.353. The zero-order valence-corrected chi connectivity index (χ0v) is 12.9. The molecular formula is C17H19N5O. The van der Waals surface area contributed by atoms with E-state index in [1.807, 2.05) is 45.8 Å². The molecule has 0 radical (unpaired) electrons. The van der Waals surface area contributed by atoms with Gasteiger partial charge in [-0.05, 0) is 43.0 Å². The molecular weight excluding hydrogens is 290 g/mol. The zero-order valence-electron chi connectivity index (χ0n) is 12.9. The lowest BCUT2D eigenvalue weighted by atomic mass is 9.94. The van der Waals surface area contributed by atoms with E-state index in [4.69, 9.17) is 0 Å². The number of nitrogens with zero attached hydrogens (tertiary/aromatic N) is 4. The van der Waals surface area contributed by atoms with Crippen LogP contribution in [0.25, 0.3) is 5.65 Å². The number of carbonyl (C=O) groups excluding carboxylic acids is 1. The number of hydrogen-bond donors (Lipinski definition) is 1. The number of fused-ring (bicyclic) bond motifs is 1. The van der Waals surface area contributed by atoms with Crippen LogP contribution in [0.4, 0.5) is 0 Å². The SMILES string of the molecule is O=C(c1ccc[nH]1)N1CCCC(Cc2nnc3ccccn23)C1. The van der Waals surface area contributed by atoms with Gasteiger partial charge in [0.15, 0.2) is 5.65 Å². The number of aromatic amines is 1. The number of carbonyl (C=O) groups is 1. The quantitative estimate of drug-likeness (QED) is 0.806. The molecule has 1 atom stereocenters. The second kappa shape index (κ2) is 5.87. The first-order chi connectivity index (χ1) is 11.3. The van der Waals surface area contributed by atoms with Crippen LogP contribution in [-0.2, 0) is 6.42 Å². The Balaban J connectivity index is 1.48. The van der Waals surface area contributed by atoms with Gasteiger partial charge in [-0.1, -0.05) is 6.07 Å². The summed E-state index contributed by atoms with van der Waals surface area (Å²) in [5.41, 5.74) is 1.54. The van der Waals surface area contributed by atoms with Gasteiger partial charge in [-0.25, -0.2) is 0 Å². The molecule has 0 saturated carbocycles. The largest absolute Gasteiger partial charge is 0.357 e. The summed E-state index contributed by atoms with van der Waals surface area (Å²) in [6, 6.07) is 9.60. The van der Waals surface area contributed by atoms with Crippen molar-refractivity contribution in [3.8, 4) is 0 Å². The minimum Gasteiger partial charge on any atom is -0.357 e. The van der Waals surface area contributed by atoms with Gasteiger partial charge in [0.05, 0.1) is 0 Å². The van der Waals surface area contributed by atoms with E-state index >= 15 is 0 Å². The third kappa shape index (κ3) is 2.72. The molecule has 3 aromatic heterocycles. The van der Waals surface area contributed by atoms with Crippen molar-refractivity contribution in [3.63, 3.8) is 0 Å². The lowest BCUT2D eigenvalue weighted by Gasteiger charge is -2.32. The third-order valence-corrected chi connectivity index (χ3v) is 4.49. The molecule has 1 N–H and O–H groups in total. The van der Waals surface area contributed by atoms with Gasteiger partial charge in [0.25, 0.3) is 5.91 Å². The van der Waals surface area contributed by atoms with Crippen LogP contribution in [0.3, 0.4) is 0 Å². The summed E-state index contributed by atoms with van der Waals surface area (Å²) in [7, 11) is 0. The first-order valence-electron chi connectivity index (χ1n) is 8.02. The van der Waals surface area contributed by atoms with Crippen molar-refractivity contribution in [2.75, 3.05) is 13.1 Å². The van der Waals surface area contributed by atoms with Crippen molar-refractivity contribution < 1.29 is 4.79 Å². The molecule has 23 heavy (non-hydrogen) atoms. The average Bonchev–Trinajstić information content (AvgIpc) is 3.25. The number of hydrogen-bond acceptors (Lipinski definition) is 3. The fourth-order valence-corrected chi connectivity index (χ4v) is 3.34. The molecule has 1 amide bonds. The van der Waals surface area contributed by atoms with Crippen LogP contribution < -0.4 is 0 Å². The maximum absolute atomic E-state index is 12.5. The van der Waals surface area contributed by atoms with E-state index in [2.05, 4.69) is 15.2 Å². The second-order valence-electron chi connectivity index (χ2n) is 6.09. The van der Waals surface area contributed by atoms with E-state index in [1.54, 1.807) is 6.20 Å². The smallest absolute Gasteiger partial charge is 0.270 e. The van der Waals surface area contributed by atoms with Gasteiger partial charge in [-0.2, -0.15) is 0 Å². The molecule has 1 saturated heterocycles. The number of likely N-dealkylation sites (tertiary alicyclic amines) is 1. The summed E-state index contributed by atoms with van der Waals surface area (Å²) in [6.45, 7) is 1.61. The fourth-order valence-electron chi connectivity index (χ4n) is 3.34. The standard InChI is InChI=1S/C17H19N5O/c23-17(14-6-3-8-18-14)21-9-4-5-13(12-21)11-16-20-19-15-7-1-2-10-22(15)16/h1-3,6-8,10,13,18H,4-5,9,11-12H2. The third-order valence-electron chi connectivity index (χ3n) is 4.49. The van der Waals surface area contributed by atoms with Crippen molar-refractivity contribution in [3.05, 3.63) is 54.2 Å². The van der Waals surface area contributed by atoms with E-state index in [0.717, 1.165) is 43.8 Å². The van der Waals surface area contributed by atoms with Crippen molar-refractivity contribution >= 4 is 11.6 Å². The predicted molar refractivity (Wildman–Crippen MR) is 86.1 cm³/mol. The average molecular weight is 309 g/mol. The minimum atomic E-state index is 0.0887. The molecule has 1 fully saturated rings. The lowest BCUT2D eigenvalue weighted by Crippen LogP contribution is -2.40. The number of piperidine rings is 1. The van der Waals surface area contributed by atoms with Gasteiger partial charge >= 0.3 is 0 Å². The van der Waals surface area contributed by atoms with E-state index in [9.17, 15) is 4.79 Å². The molecule has 118 valence electrons. The molecule has 0 aliphatic carbocycles. The predicted octanol–water partition coefficient (Wildman–Crippen LogP) is 2.15. The summed E-state index contributed by atoms with van der Waals surface area (Å²) in [4.78, 5) is 17.4. The summed E-state index contributed by atoms with van der Waals surface area (Å²) in [5.74, 6) is 1.49. The van der Waals surface area contributed by atoms with Crippen molar-refractivity contribution in [2.45, 2.75) is 19.3 Å². The number of rotatable bonds is 3. The van der Waals surface area contributed by atoms with Crippen molar-refractivity contribution in [2.24, 2.45) is 5.92 Å². The van der Waals surface area contributed by atoms with E-state index in [1.165, 1.54) is 0 Å². The Morgan fingerprint density at radius 1 is 1.26 bits per heavy atom. The van der Waals surface area contributed by atoms with E-state index in [-0.39, 0.29) is 5.91 Å². The van der Waals surface area contributed by atoms with Crippen LogP contribution in [0.5, 0.6) is 0 Å². The molecule has 1 aliphatic heterocycles. The zero-order chi connectivity index (χ0) is 15.6. The molecule has 4 heterocycles. The molecule has 0 aromatic carbocycles. The Hall–Kier alpha value is -2.63. The molecule has 6 heteroatoms. The number of aromatic nitrogens is 4. The molecule has 3 aromatic rings. The maximum atomic E-state index is 12.5. The van der Waals surface area contributed by atoms with Crippen LogP contribution in [0.1, 0.15) is 29.2 Å². The Labute approximate surface area is 134 Å². The molecule has 0 bridgehead atoms. The summed E-state index contributed by atoms with van der Waals surface area (Å²) < 4.78 is 2.03. The molecule has 4 rings (SSSR count). The molecule has 1 unspecified atom stereocenters. The van der Waals surface area contributed by atoms with Gasteiger partial charge < -0.3 is 9.88 Å². The monoisotopic (exact) mass is 309 g/mol. The first kappa shape index (κ1) is 14.0. The van der Waals surface area contributed by atoms with Crippen molar-refractivity contribution in [1.82, 2.24) is 24.5 Å².